The Morgan fingerprint density at radius 2 is 1.93 bits per heavy atom. The van der Waals surface area contributed by atoms with Crippen LogP contribution in [0.5, 0.6) is 0 Å². The van der Waals surface area contributed by atoms with Crippen LogP contribution in [0.4, 0.5) is 17.5 Å². The van der Waals surface area contributed by atoms with Gasteiger partial charge in [0.25, 0.3) is 0 Å². The molecule has 3 aromatic rings. The van der Waals surface area contributed by atoms with Crippen LogP contribution in [0.1, 0.15) is 18.4 Å². The lowest BCUT2D eigenvalue weighted by molar-refractivity contribution is 0.331. The lowest BCUT2D eigenvalue weighted by Crippen LogP contribution is -2.42. The molecule has 29 heavy (non-hydrogen) atoms. The molecule has 0 bridgehead atoms. The number of anilines is 3. The molecule has 0 amide bonds. The van der Waals surface area contributed by atoms with Crippen molar-refractivity contribution in [1.29, 1.82) is 0 Å². The standard InChI is InChI=1S/C19H23N7O2S/c1-13-4-3-5-15(10-13)23-18-17-16(21-12-22-18)11-20-19(25-17)24-14-6-8-26(9-7-14)29(2,27)28/h3-5,10-12,14H,6-9H2,1-2H3,(H,20,24,25)(H,21,22,23). The first-order chi connectivity index (χ1) is 13.9. The summed E-state index contributed by atoms with van der Waals surface area (Å²) in [6.45, 7) is 3.02. The second kappa shape index (κ2) is 7.88. The fraction of sp³-hybridized carbons (Fsp3) is 0.368. The summed E-state index contributed by atoms with van der Waals surface area (Å²) in [6, 6.07) is 8.12. The van der Waals surface area contributed by atoms with Gasteiger partial charge in [0.05, 0.1) is 12.5 Å². The second-order valence-corrected chi connectivity index (χ2v) is 9.21. The molecule has 3 heterocycles. The van der Waals surface area contributed by atoms with E-state index in [1.165, 1.54) is 16.9 Å². The molecule has 0 spiro atoms. The monoisotopic (exact) mass is 413 g/mol. The van der Waals surface area contributed by atoms with Crippen LogP contribution in [0.25, 0.3) is 11.0 Å². The molecule has 9 nitrogen and oxygen atoms in total. The highest BCUT2D eigenvalue weighted by atomic mass is 32.2. The third-order valence-corrected chi connectivity index (χ3v) is 6.22. The van der Waals surface area contributed by atoms with Gasteiger partial charge in [0, 0.05) is 24.8 Å². The predicted octanol–water partition coefficient (Wildman–Crippen LogP) is 2.31. The summed E-state index contributed by atoms with van der Waals surface area (Å²) in [5.74, 6) is 1.09. The molecule has 0 radical (unpaired) electrons. The van der Waals surface area contributed by atoms with Gasteiger partial charge in [0.15, 0.2) is 5.82 Å². The first-order valence-electron chi connectivity index (χ1n) is 9.41. The lowest BCUT2D eigenvalue weighted by atomic mass is 10.1. The number of hydrogen-bond donors (Lipinski definition) is 2. The van der Waals surface area contributed by atoms with E-state index in [-0.39, 0.29) is 6.04 Å². The maximum Gasteiger partial charge on any atom is 0.223 e. The van der Waals surface area contributed by atoms with E-state index in [0.29, 0.717) is 48.7 Å². The molecule has 10 heteroatoms. The van der Waals surface area contributed by atoms with Gasteiger partial charge in [-0.3, -0.25) is 0 Å². The summed E-state index contributed by atoms with van der Waals surface area (Å²) < 4.78 is 24.8. The van der Waals surface area contributed by atoms with Gasteiger partial charge in [-0.1, -0.05) is 12.1 Å². The quantitative estimate of drug-likeness (QED) is 0.655. The molecule has 0 unspecified atom stereocenters. The van der Waals surface area contributed by atoms with E-state index in [9.17, 15) is 8.42 Å². The Labute approximate surface area is 169 Å². The minimum atomic E-state index is -3.14. The number of sulfonamides is 1. The molecule has 1 fully saturated rings. The first-order valence-corrected chi connectivity index (χ1v) is 11.3. The van der Waals surface area contributed by atoms with Gasteiger partial charge < -0.3 is 10.6 Å². The normalized spacial score (nSPS) is 16.1. The molecule has 1 aliphatic heterocycles. The third kappa shape index (κ3) is 4.60. The molecule has 1 saturated heterocycles. The van der Waals surface area contributed by atoms with Gasteiger partial charge in [-0.15, -0.1) is 0 Å². The van der Waals surface area contributed by atoms with Gasteiger partial charge in [0.2, 0.25) is 16.0 Å². The Morgan fingerprint density at radius 3 is 2.66 bits per heavy atom. The number of aromatic nitrogens is 4. The number of nitrogens with one attached hydrogen (secondary N) is 2. The van der Waals surface area contributed by atoms with Crippen molar-refractivity contribution in [1.82, 2.24) is 24.2 Å². The SMILES string of the molecule is Cc1cccc(Nc2ncnc3cnc(NC4CCN(S(C)(=O)=O)CC4)nc23)c1. The highest BCUT2D eigenvalue weighted by molar-refractivity contribution is 7.88. The average molecular weight is 414 g/mol. The number of rotatable bonds is 5. The van der Waals surface area contributed by atoms with Gasteiger partial charge in [-0.05, 0) is 37.5 Å². The van der Waals surface area contributed by atoms with Crippen LogP contribution in [-0.4, -0.2) is 58.0 Å². The fourth-order valence-electron chi connectivity index (χ4n) is 3.39. The van der Waals surface area contributed by atoms with E-state index in [0.717, 1.165) is 11.3 Å². The number of nitrogens with zero attached hydrogens (tertiary/aromatic N) is 5. The first kappa shape index (κ1) is 19.5. The van der Waals surface area contributed by atoms with Gasteiger partial charge >= 0.3 is 0 Å². The van der Waals surface area contributed by atoms with E-state index < -0.39 is 10.0 Å². The van der Waals surface area contributed by atoms with Gasteiger partial charge in [-0.2, -0.15) is 0 Å². The zero-order chi connectivity index (χ0) is 20.4. The molecular formula is C19H23N7O2S. The molecule has 152 valence electrons. The van der Waals surface area contributed by atoms with Crippen molar-refractivity contribution in [3.63, 3.8) is 0 Å². The van der Waals surface area contributed by atoms with Crippen LogP contribution in [-0.2, 0) is 10.0 Å². The van der Waals surface area contributed by atoms with E-state index in [4.69, 9.17) is 0 Å². The average Bonchev–Trinajstić information content (AvgIpc) is 2.68. The summed E-state index contributed by atoms with van der Waals surface area (Å²) >= 11 is 0. The summed E-state index contributed by atoms with van der Waals surface area (Å²) in [4.78, 5) is 17.6. The van der Waals surface area contributed by atoms with Crippen LogP contribution in [0.2, 0.25) is 0 Å². The van der Waals surface area contributed by atoms with Crippen molar-refractivity contribution < 1.29 is 8.42 Å². The third-order valence-electron chi connectivity index (χ3n) is 4.91. The summed E-state index contributed by atoms with van der Waals surface area (Å²) in [5, 5.41) is 6.62. The number of fused-ring (bicyclic) bond motifs is 1. The molecule has 0 atom stereocenters. The molecule has 2 aromatic heterocycles. The summed E-state index contributed by atoms with van der Waals surface area (Å²) in [6.07, 6.45) is 5.80. The number of hydrogen-bond acceptors (Lipinski definition) is 8. The van der Waals surface area contributed by atoms with E-state index in [2.05, 4.69) is 30.6 Å². The molecule has 4 rings (SSSR count). The lowest BCUT2D eigenvalue weighted by Gasteiger charge is -2.30. The zero-order valence-electron chi connectivity index (χ0n) is 16.3. The largest absolute Gasteiger partial charge is 0.351 e. The summed E-state index contributed by atoms with van der Waals surface area (Å²) in [5.41, 5.74) is 3.34. The molecule has 0 aliphatic carbocycles. The van der Waals surface area contributed by atoms with Crippen LogP contribution in [0.3, 0.4) is 0 Å². The van der Waals surface area contributed by atoms with Crippen molar-refractivity contribution in [2.45, 2.75) is 25.8 Å². The predicted molar refractivity (Wildman–Crippen MR) is 113 cm³/mol. The molecule has 1 aliphatic rings. The Kier molecular flexibility index (Phi) is 5.29. The van der Waals surface area contributed by atoms with Crippen LogP contribution in [0.15, 0.2) is 36.8 Å². The number of aryl methyl sites for hydroxylation is 1. The van der Waals surface area contributed by atoms with E-state index in [1.54, 1.807) is 6.20 Å². The Morgan fingerprint density at radius 1 is 1.14 bits per heavy atom. The van der Waals surface area contributed by atoms with Crippen molar-refractivity contribution in [2.75, 3.05) is 30.0 Å². The Bertz CT molecular complexity index is 1130. The van der Waals surface area contributed by atoms with Gasteiger partial charge in [-0.25, -0.2) is 32.7 Å². The maximum absolute atomic E-state index is 11.7. The molecule has 0 saturated carbocycles. The van der Waals surface area contributed by atoms with E-state index >= 15 is 0 Å². The Hall–Kier alpha value is -2.85. The fourth-order valence-corrected chi connectivity index (χ4v) is 4.26. The smallest absolute Gasteiger partial charge is 0.223 e. The molecule has 1 aromatic carbocycles. The highest BCUT2D eigenvalue weighted by Crippen LogP contribution is 2.23. The molecular weight excluding hydrogens is 390 g/mol. The maximum atomic E-state index is 11.7. The van der Waals surface area contributed by atoms with Crippen molar-refractivity contribution in [2.24, 2.45) is 0 Å². The number of benzene rings is 1. The van der Waals surface area contributed by atoms with Crippen molar-refractivity contribution in [3.05, 3.63) is 42.4 Å². The topological polar surface area (TPSA) is 113 Å². The van der Waals surface area contributed by atoms with Crippen LogP contribution in [0, 0.1) is 6.92 Å². The van der Waals surface area contributed by atoms with E-state index in [1.807, 2.05) is 31.2 Å². The number of piperidine rings is 1. The van der Waals surface area contributed by atoms with Crippen molar-refractivity contribution in [3.8, 4) is 0 Å². The second-order valence-electron chi connectivity index (χ2n) is 7.22. The minimum Gasteiger partial charge on any atom is -0.351 e. The Balaban J connectivity index is 1.53. The van der Waals surface area contributed by atoms with Crippen molar-refractivity contribution >= 4 is 38.5 Å². The zero-order valence-corrected chi connectivity index (χ0v) is 17.1. The highest BCUT2D eigenvalue weighted by Gasteiger charge is 2.25. The van der Waals surface area contributed by atoms with Crippen LogP contribution >= 0.6 is 0 Å². The molecule has 2 N–H and O–H groups in total. The summed E-state index contributed by atoms with van der Waals surface area (Å²) in [7, 11) is -3.14. The van der Waals surface area contributed by atoms with Gasteiger partial charge in [0.1, 0.15) is 17.4 Å². The van der Waals surface area contributed by atoms with Crippen LogP contribution < -0.4 is 10.6 Å². The minimum absolute atomic E-state index is 0.114.